The Kier molecular flexibility index (Phi) is 5.03. The van der Waals surface area contributed by atoms with Crippen LogP contribution in [-0.2, 0) is 10.0 Å². The highest BCUT2D eigenvalue weighted by Crippen LogP contribution is 2.20. The van der Waals surface area contributed by atoms with Gasteiger partial charge in [0.05, 0.1) is 0 Å². The van der Waals surface area contributed by atoms with Crippen LogP contribution in [-0.4, -0.2) is 21.6 Å². The smallest absolute Gasteiger partial charge is 0.250 e. The van der Waals surface area contributed by atoms with Gasteiger partial charge in [-0.2, -0.15) is 0 Å². The monoisotopic (exact) mass is 325 g/mol. The predicted octanol–water partition coefficient (Wildman–Crippen LogP) is 3.03. The van der Waals surface area contributed by atoms with E-state index in [2.05, 4.69) is 4.72 Å². The third-order valence-electron chi connectivity index (χ3n) is 2.96. The normalized spacial score (nSPS) is 11.6. The van der Waals surface area contributed by atoms with E-state index < -0.39 is 10.0 Å². The van der Waals surface area contributed by atoms with Gasteiger partial charge in [-0.25, -0.2) is 13.1 Å². The average molecular weight is 325 g/mol. The summed E-state index contributed by atoms with van der Waals surface area (Å²) in [5, 5.41) is 0. The van der Waals surface area contributed by atoms with Crippen molar-refractivity contribution in [1.82, 2.24) is 4.72 Å². The first kappa shape index (κ1) is 16.0. The van der Waals surface area contributed by atoms with Crippen LogP contribution < -0.4 is 9.46 Å². The van der Waals surface area contributed by atoms with Crippen molar-refractivity contribution in [2.75, 3.05) is 13.2 Å². The van der Waals surface area contributed by atoms with Crippen molar-refractivity contribution >= 4 is 21.4 Å². The van der Waals surface area contributed by atoms with Crippen molar-refractivity contribution in [2.45, 2.75) is 25.0 Å². The molecule has 114 valence electrons. The molecule has 0 unspecified atom stereocenters. The first-order chi connectivity index (χ1) is 9.88. The van der Waals surface area contributed by atoms with Crippen molar-refractivity contribution in [3.05, 3.63) is 46.3 Å². The molecule has 1 aromatic carbocycles. The number of nitrogens with one attached hydrogen (secondary N) is 1. The van der Waals surface area contributed by atoms with Gasteiger partial charge >= 0.3 is 0 Å². The van der Waals surface area contributed by atoms with Gasteiger partial charge in [-0.3, -0.25) is 0 Å². The van der Waals surface area contributed by atoms with Crippen LogP contribution in [0.4, 0.5) is 0 Å². The molecule has 6 heteroatoms. The predicted molar refractivity (Wildman–Crippen MR) is 85.7 cm³/mol. The number of hydrogen-bond donors (Lipinski definition) is 1. The lowest BCUT2D eigenvalue weighted by atomic mass is 10.1. The van der Waals surface area contributed by atoms with Crippen LogP contribution in [0.25, 0.3) is 0 Å². The fourth-order valence-electron chi connectivity index (χ4n) is 1.93. The van der Waals surface area contributed by atoms with Crippen LogP contribution in [0.15, 0.2) is 34.5 Å². The van der Waals surface area contributed by atoms with Crippen LogP contribution >= 0.6 is 11.3 Å². The molecule has 0 fully saturated rings. The third kappa shape index (κ3) is 4.30. The van der Waals surface area contributed by atoms with Crippen LogP contribution in [0.5, 0.6) is 5.75 Å². The second kappa shape index (κ2) is 6.60. The number of aryl methyl sites for hydroxylation is 3. The molecule has 0 amide bonds. The van der Waals surface area contributed by atoms with E-state index in [0.717, 1.165) is 16.2 Å². The van der Waals surface area contributed by atoms with Crippen molar-refractivity contribution in [2.24, 2.45) is 0 Å². The highest BCUT2D eigenvalue weighted by atomic mass is 32.2. The maximum absolute atomic E-state index is 12.0. The van der Waals surface area contributed by atoms with Crippen molar-refractivity contribution < 1.29 is 13.2 Å². The molecule has 0 saturated heterocycles. The molecule has 1 N–H and O–H groups in total. The molecule has 4 nitrogen and oxygen atoms in total. The Morgan fingerprint density at radius 1 is 1.14 bits per heavy atom. The molecule has 1 heterocycles. The van der Waals surface area contributed by atoms with Crippen LogP contribution in [0.3, 0.4) is 0 Å². The first-order valence-electron chi connectivity index (χ1n) is 6.64. The van der Waals surface area contributed by atoms with Crippen LogP contribution in [0, 0.1) is 20.8 Å². The minimum atomic E-state index is -3.42. The lowest BCUT2D eigenvalue weighted by Crippen LogP contribution is -2.27. The lowest BCUT2D eigenvalue weighted by molar-refractivity contribution is 0.320. The van der Waals surface area contributed by atoms with E-state index in [9.17, 15) is 8.42 Å². The molecular weight excluding hydrogens is 306 g/mol. The maximum atomic E-state index is 12.0. The Morgan fingerprint density at radius 2 is 1.90 bits per heavy atom. The van der Waals surface area contributed by atoms with Crippen molar-refractivity contribution in [1.29, 1.82) is 0 Å². The fourth-order valence-corrected chi connectivity index (χ4v) is 4.27. The largest absolute Gasteiger partial charge is 0.492 e. The second-order valence-corrected chi connectivity index (χ2v) is 8.16. The third-order valence-corrected chi connectivity index (χ3v) is 5.92. The van der Waals surface area contributed by atoms with Crippen molar-refractivity contribution in [3.8, 4) is 5.75 Å². The van der Waals surface area contributed by atoms with Gasteiger partial charge in [0.2, 0.25) is 10.0 Å². The lowest BCUT2D eigenvalue weighted by Gasteiger charge is -2.10. The molecule has 1 aromatic heterocycles. The Labute approximate surface area is 129 Å². The van der Waals surface area contributed by atoms with Crippen LogP contribution in [0.1, 0.15) is 16.0 Å². The summed E-state index contributed by atoms with van der Waals surface area (Å²) in [4.78, 5) is 0.974. The zero-order valence-electron chi connectivity index (χ0n) is 12.3. The van der Waals surface area contributed by atoms with Gasteiger partial charge in [0.15, 0.2) is 0 Å². The molecule has 0 aliphatic rings. The summed E-state index contributed by atoms with van der Waals surface area (Å²) in [5.41, 5.74) is 2.22. The van der Waals surface area contributed by atoms with E-state index in [1.165, 1.54) is 16.9 Å². The van der Waals surface area contributed by atoms with E-state index in [1.54, 1.807) is 12.1 Å². The Balaban J connectivity index is 1.87. The summed E-state index contributed by atoms with van der Waals surface area (Å²) in [7, 11) is -3.42. The Bertz CT molecular complexity index is 720. The van der Waals surface area contributed by atoms with Gasteiger partial charge in [0.1, 0.15) is 16.6 Å². The highest BCUT2D eigenvalue weighted by Gasteiger charge is 2.15. The SMILES string of the molecule is Cc1ccc(OCCNS(=O)(=O)c2ccc(C)s2)c(C)c1. The van der Waals surface area contributed by atoms with Gasteiger partial charge in [-0.05, 0) is 44.5 Å². The molecule has 2 aromatic rings. The molecular formula is C15H19NO3S2. The molecule has 21 heavy (non-hydrogen) atoms. The highest BCUT2D eigenvalue weighted by molar-refractivity contribution is 7.91. The summed E-state index contributed by atoms with van der Waals surface area (Å²) >= 11 is 1.26. The maximum Gasteiger partial charge on any atom is 0.250 e. The molecule has 0 bridgehead atoms. The first-order valence-corrected chi connectivity index (χ1v) is 8.94. The van der Waals surface area contributed by atoms with Gasteiger partial charge < -0.3 is 4.74 Å². The zero-order valence-corrected chi connectivity index (χ0v) is 14.0. The molecule has 0 atom stereocenters. The number of benzene rings is 1. The van der Waals surface area contributed by atoms with Gasteiger partial charge in [-0.1, -0.05) is 17.7 Å². The molecule has 0 aliphatic heterocycles. The molecule has 0 saturated carbocycles. The molecule has 0 spiro atoms. The Hall–Kier alpha value is -1.37. The van der Waals surface area contributed by atoms with E-state index in [-0.39, 0.29) is 6.54 Å². The number of ether oxygens (including phenoxy) is 1. The second-order valence-electron chi connectivity index (χ2n) is 4.88. The van der Waals surface area contributed by atoms with Gasteiger partial charge in [0.25, 0.3) is 0 Å². The van der Waals surface area contributed by atoms with E-state index >= 15 is 0 Å². The number of sulfonamides is 1. The van der Waals surface area contributed by atoms with E-state index in [1.807, 2.05) is 39.0 Å². The summed E-state index contributed by atoms with van der Waals surface area (Å²) in [6.45, 7) is 6.42. The molecule has 0 aliphatic carbocycles. The summed E-state index contributed by atoms with van der Waals surface area (Å²) in [6, 6.07) is 9.33. The summed E-state index contributed by atoms with van der Waals surface area (Å²) in [5.74, 6) is 0.784. The minimum Gasteiger partial charge on any atom is -0.492 e. The zero-order chi connectivity index (χ0) is 15.5. The Morgan fingerprint density at radius 3 is 2.52 bits per heavy atom. The van der Waals surface area contributed by atoms with Gasteiger partial charge in [-0.15, -0.1) is 11.3 Å². The minimum absolute atomic E-state index is 0.243. The molecule has 0 radical (unpaired) electrons. The average Bonchev–Trinajstić information content (AvgIpc) is 2.84. The van der Waals surface area contributed by atoms with E-state index in [4.69, 9.17) is 4.74 Å². The number of rotatable bonds is 6. The van der Waals surface area contributed by atoms with Crippen LogP contribution in [0.2, 0.25) is 0 Å². The number of thiophene rings is 1. The summed E-state index contributed by atoms with van der Waals surface area (Å²) in [6.07, 6.45) is 0. The topological polar surface area (TPSA) is 55.4 Å². The van der Waals surface area contributed by atoms with Crippen molar-refractivity contribution in [3.63, 3.8) is 0 Å². The fraction of sp³-hybridized carbons (Fsp3) is 0.333. The number of hydrogen-bond acceptors (Lipinski definition) is 4. The van der Waals surface area contributed by atoms with Gasteiger partial charge in [0, 0.05) is 11.4 Å². The standard InChI is InChI=1S/C15H19NO3S2/c1-11-4-6-14(12(2)10-11)19-9-8-16-21(17,18)15-7-5-13(3)20-15/h4-7,10,16H,8-9H2,1-3H3. The molecule has 2 rings (SSSR count). The summed E-state index contributed by atoms with van der Waals surface area (Å²) < 4.78 is 32.5. The van der Waals surface area contributed by atoms with E-state index in [0.29, 0.717) is 10.8 Å². The quantitative estimate of drug-likeness (QED) is 0.831.